The Morgan fingerprint density at radius 1 is 1.13 bits per heavy atom. The second kappa shape index (κ2) is 8.75. The number of nitrogens with zero attached hydrogens (tertiary/aromatic N) is 2. The lowest BCUT2D eigenvalue weighted by atomic mass is 10.1. The molecule has 2 aromatic carbocycles. The van der Waals surface area contributed by atoms with E-state index in [1.807, 2.05) is 22.9 Å². The summed E-state index contributed by atoms with van der Waals surface area (Å²) in [5.74, 6) is -0.131. The van der Waals surface area contributed by atoms with Crippen LogP contribution in [0.5, 0.6) is 0 Å². The number of aryl methyl sites for hydroxylation is 2. The van der Waals surface area contributed by atoms with Crippen LogP contribution < -0.4 is 10.6 Å². The SMILES string of the molecule is Cc1ccc(-n2ccnc2SCC(=O)Nc2ccccc2C(=O)NC2CC2)cc1C. The van der Waals surface area contributed by atoms with Gasteiger partial charge in [-0.25, -0.2) is 4.98 Å². The molecule has 6 nitrogen and oxygen atoms in total. The highest BCUT2D eigenvalue weighted by molar-refractivity contribution is 7.99. The Balaban J connectivity index is 1.41. The zero-order valence-corrected chi connectivity index (χ0v) is 17.8. The summed E-state index contributed by atoms with van der Waals surface area (Å²) in [6.07, 6.45) is 5.66. The minimum atomic E-state index is -0.179. The lowest BCUT2D eigenvalue weighted by Crippen LogP contribution is -2.27. The normalized spacial score (nSPS) is 13.1. The molecular formula is C23H24N4O2S. The highest BCUT2D eigenvalue weighted by Crippen LogP contribution is 2.24. The van der Waals surface area contributed by atoms with Gasteiger partial charge in [0.2, 0.25) is 5.91 Å². The first kappa shape index (κ1) is 20.2. The Morgan fingerprint density at radius 2 is 1.93 bits per heavy atom. The first-order chi connectivity index (χ1) is 14.5. The summed E-state index contributed by atoms with van der Waals surface area (Å²) in [5.41, 5.74) is 4.46. The van der Waals surface area contributed by atoms with E-state index < -0.39 is 0 Å². The minimum absolute atomic E-state index is 0.147. The van der Waals surface area contributed by atoms with E-state index in [-0.39, 0.29) is 23.6 Å². The monoisotopic (exact) mass is 420 g/mol. The van der Waals surface area contributed by atoms with Gasteiger partial charge in [0.05, 0.1) is 17.0 Å². The van der Waals surface area contributed by atoms with Gasteiger partial charge in [0, 0.05) is 24.1 Å². The molecule has 1 aromatic heterocycles. The molecule has 1 aliphatic rings. The number of imidazole rings is 1. The molecule has 30 heavy (non-hydrogen) atoms. The van der Waals surface area contributed by atoms with Gasteiger partial charge >= 0.3 is 0 Å². The van der Waals surface area contributed by atoms with Crippen molar-refractivity contribution in [1.82, 2.24) is 14.9 Å². The Hall–Kier alpha value is -3.06. The highest BCUT2D eigenvalue weighted by Gasteiger charge is 2.25. The van der Waals surface area contributed by atoms with Crippen molar-refractivity contribution in [2.45, 2.75) is 37.9 Å². The number of amides is 2. The quantitative estimate of drug-likeness (QED) is 0.564. The Kier molecular flexibility index (Phi) is 5.90. The number of nitrogens with one attached hydrogen (secondary N) is 2. The number of aromatic nitrogens is 2. The van der Waals surface area contributed by atoms with Crippen molar-refractivity contribution in [3.05, 3.63) is 71.5 Å². The number of para-hydroxylation sites is 1. The van der Waals surface area contributed by atoms with Crippen LogP contribution in [-0.2, 0) is 4.79 Å². The summed E-state index contributed by atoms with van der Waals surface area (Å²) in [5, 5.41) is 6.57. The van der Waals surface area contributed by atoms with Crippen molar-refractivity contribution in [2.24, 2.45) is 0 Å². The van der Waals surface area contributed by atoms with Crippen LogP contribution in [0.25, 0.3) is 5.69 Å². The molecule has 4 rings (SSSR count). The van der Waals surface area contributed by atoms with Crippen LogP contribution in [0, 0.1) is 13.8 Å². The van der Waals surface area contributed by atoms with Crippen molar-refractivity contribution >= 4 is 29.3 Å². The summed E-state index contributed by atoms with van der Waals surface area (Å²) in [6, 6.07) is 13.6. The fourth-order valence-corrected chi connectivity index (χ4v) is 3.84. The van der Waals surface area contributed by atoms with Crippen LogP contribution in [0.4, 0.5) is 5.69 Å². The van der Waals surface area contributed by atoms with Gasteiger partial charge in [-0.05, 0) is 62.1 Å². The molecule has 1 heterocycles. The van der Waals surface area contributed by atoms with Crippen LogP contribution in [0.1, 0.15) is 34.3 Å². The second-order valence-electron chi connectivity index (χ2n) is 7.48. The molecule has 2 amide bonds. The summed E-state index contributed by atoms with van der Waals surface area (Å²) in [4.78, 5) is 29.4. The van der Waals surface area contributed by atoms with Crippen LogP contribution in [-0.4, -0.2) is 33.2 Å². The molecule has 7 heteroatoms. The molecule has 1 aliphatic carbocycles. The zero-order chi connectivity index (χ0) is 21.1. The standard InChI is InChI=1S/C23H24N4O2S/c1-15-7-10-18(13-16(15)2)27-12-11-24-23(27)30-14-21(28)26-20-6-4-3-5-19(20)22(29)25-17-8-9-17/h3-7,10-13,17H,8-9,14H2,1-2H3,(H,25,29)(H,26,28). The number of rotatable bonds is 7. The minimum Gasteiger partial charge on any atom is -0.349 e. The molecule has 0 atom stereocenters. The third-order valence-corrected chi connectivity index (χ3v) is 6.03. The van der Waals surface area contributed by atoms with Gasteiger partial charge in [-0.1, -0.05) is 30.0 Å². The van der Waals surface area contributed by atoms with E-state index >= 15 is 0 Å². The molecule has 1 saturated carbocycles. The number of carbonyl (C=O) groups excluding carboxylic acids is 2. The summed E-state index contributed by atoms with van der Waals surface area (Å²) >= 11 is 1.36. The maximum atomic E-state index is 12.6. The van der Waals surface area contributed by atoms with E-state index in [4.69, 9.17) is 0 Å². The molecule has 0 saturated heterocycles. The molecule has 1 fully saturated rings. The van der Waals surface area contributed by atoms with Gasteiger partial charge in [0.15, 0.2) is 5.16 Å². The van der Waals surface area contributed by atoms with Gasteiger partial charge in [-0.15, -0.1) is 0 Å². The Labute approximate surface area is 180 Å². The molecular weight excluding hydrogens is 396 g/mol. The van der Waals surface area contributed by atoms with E-state index in [9.17, 15) is 9.59 Å². The van der Waals surface area contributed by atoms with Crippen LogP contribution in [0.3, 0.4) is 0 Å². The number of carbonyl (C=O) groups is 2. The maximum Gasteiger partial charge on any atom is 0.253 e. The van der Waals surface area contributed by atoms with E-state index in [1.54, 1.807) is 24.4 Å². The van der Waals surface area contributed by atoms with Crippen molar-refractivity contribution in [2.75, 3.05) is 11.1 Å². The number of benzene rings is 2. The van der Waals surface area contributed by atoms with Crippen LogP contribution in [0.15, 0.2) is 60.0 Å². The van der Waals surface area contributed by atoms with Crippen LogP contribution in [0.2, 0.25) is 0 Å². The Bertz CT molecular complexity index is 1090. The predicted octanol–water partition coefficient (Wildman–Crippen LogP) is 4.11. The average molecular weight is 421 g/mol. The van der Waals surface area contributed by atoms with Crippen molar-refractivity contribution in [1.29, 1.82) is 0 Å². The van der Waals surface area contributed by atoms with Gasteiger partial charge < -0.3 is 10.6 Å². The first-order valence-electron chi connectivity index (χ1n) is 9.95. The molecule has 154 valence electrons. The van der Waals surface area contributed by atoms with Crippen molar-refractivity contribution in [3.63, 3.8) is 0 Å². The smallest absolute Gasteiger partial charge is 0.253 e. The third kappa shape index (κ3) is 4.74. The molecule has 0 spiro atoms. The molecule has 0 unspecified atom stereocenters. The summed E-state index contributed by atoms with van der Waals surface area (Å²) in [6.45, 7) is 4.16. The van der Waals surface area contributed by atoms with E-state index in [2.05, 4.69) is 41.6 Å². The van der Waals surface area contributed by atoms with Gasteiger partial charge in [0.1, 0.15) is 0 Å². The number of hydrogen-bond acceptors (Lipinski definition) is 4. The maximum absolute atomic E-state index is 12.6. The molecule has 3 aromatic rings. The molecule has 0 radical (unpaired) electrons. The average Bonchev–Trinajstić information content (AvgIpc) is 3.42. The lowest BCUT2D eigenvalue weighted by Gasteiger charge is -2.12. The predicted molar refractivity (Wildman–Crippen MR) is 119 cm³/mol. The van der Waals surface area contributed by atoms with Gasteiger partial charge in [0.25, 0.3) is 5.91 Å². The molecule has 0 bridgehead atoms. The number of thioether (sulfide) groups is 1. The Morgan fingerprint density at radius 3 is 2.70 bits per heavy atom. The largest absolute Gasteiger partial charge is 0.349 e. The lowest BCUT2D eigenvalue weighted by molar-refractivity contribution is -0.113. The summed E-state index contributed by atoms with van der Waals surface area (Å²) in [7, 11) is 0. The van der Waals surface area contributed by atoms with Crippen LogP contribution >= 0.6 is 11.8 Å². The van der Waals surface area contributed by atoms with E-state index in [0.29, 0.717) is 11.3 Å². The second-order valence-corrected chi connectivity index (χ2v) is 8.42. The van der Waals surface area contributed by atoms with Gasteiger partial charge in [-0.3, -0.25) is 14.2 Å². The van der Waals surface area contributed by atoms with Crippen molar-refractivity contribution < 1.29 is 9.59 Å². The fraction of sp³-hybridized carbons (Fsp3) is 0.261. The number of hydrogen-bond donors (Lipinski definition) is 2. The van der Waals surface area contributed by atoms with Crippen molar-refractivity contribution in [3.8, 4) is 5.69 Å². The molecule has 0 aliphatic heterocycles. The zero-order valence-electron chi connectivity index (χ0n) is 17.0. The number of anilines is 1. The fourth-order valence-electron chi connectivity index (χ4n) is 3.07. The van der Waals surface area contributed by atoms with Gasteiger partial charge in [-0.2, -0.15) is 0 Å². The topological polar surface area (TPSA) is 76.0 Å². The van der Waals surface area contributed by atoms with E-state index in [1.165, 1.54) is 22.9 Å². The van der Waals surface area contributed by atoms with E-state index in [0.717, 1.165) is 23.7 Å². The highest BCUT2D eigenvalue weighted by atomic mass is 32.2. The molecule has 2 N–H and O–H groups in total. The summed E-state index contributed by atoms with van der Waals surface area (Å²) < 4.78 is 1.97. The first-order valence-corrected chi connectivity index (χ1v) is 10.9. The third-order valence-electron chi connectivity index (χ3n) is 5.07.